The van der Waals surface area contributed by atoms with Gasteiger partial charge in [0.15, 0.2) is 0 Å². The molecule has 0 unspecified atom stereocenters. The van der Waals surface area contributed by atoms with Crippen LogP contribution >= 0.6 is 12.2 Å². The van der Waals surface area contributed by atoms with Crippen molar-refractivity contribution in [1.29, 1.82) is 0 Å². The van der Waals surface area contributed by atoms with Crippen LogP contribution in [0.5, 0.6) is 0 Å². The van der Waals surface area contributed by atoms with Gasteiger partial charge >= 0.3 is 0 Å². The number of nitrogens with zero attached hydrogens (tertiary/aromatic N) is 1. The summed E-state index contributed by atoms with van der Waals surface area (Å²) in [4.78, 5) is 2.45. The second-order valence-electron chi connectivity index (χ2n) is 5.08. The van der Waals surface area contributed by atoms with E-state index in [0.717, 1.165) is 13.1 Å². The Labute approximate surface area is 123 Å². The third-order valence-corrected chi connectivity index (χ3v) is 3.87. The summed E-state index contributed by atoms with van der Waals surface area (Å²) in [5, 5.41) is 0. The Hall–Kier alpha value is -1.78. The minimum Gasteiger partial charge on any atom is -0.389 e. The zero-order chi connectivity index (χ0) is 14.1. The molecule has 2 N–H and O–H groups in total. The molecule has 2 aromatic rings. The maximum Gasteiger partial charge on any atom is 0.128 e. The summed E-state index contributed by atoms with van der Waals surface area (Å²) in [5.41, 5.74) is 9.41. The molecule has 2 nitrogen and oxygen atoms in total. The van der Waals surface area contributed by atoms with Gasteiger partial charge in [0.25, 0.3) is 0 Å². The Kier molecular flexibility index (Phi) is 3.51. The number of halogens is 1. The van der Waals surface area contributed by atoms with Gasteiger partial charge in [-0.25, -0.2) is 4.39 Å². The predicted molar refractivity (Wildman–Crippen MR) is 81.7 cm³/mol. The normalized spacial score (nSPS) is 14.2. The molecule has 3 rings (SSSR count). The predicted octanol–water partition coefficient (Wildman–Crippen LogP) is 2.98. The molecule has 0 bridgehead atoms. The van der Waals surface area contributed by atoms with Crippen molar-refractivity contribution in [1.82, 2.24) is 4.90 Å². The average molecular weight is 286 g/mol. The van der Waals surface area contributed by atoms with Gasteiger partial charge < -0.3 is 5.73 Å². The van der Waals surface area contributed by atoms with Gasteiger partial charge in [-0.2, -0.15) is 0 Å². The van der Waals surface area contributed by atoms with E-state index in [0.29, 0.717) is 17.7 Å². The fourth-order valence-electron chi connectivity index (χ4n) is 2.59. The van der Waals surface area contributed by atoms with Crippen LogP contribution in [0.1, 0.15) is 22.3 Å². The minimum absolute atomic E-state index is 0.226. The van der Waals surface area contributed by atoms with Crippen molar-refractivity contribution < 1.29 is 4.39 Å². The van der Waals surface area contributed by atoms with E-state index in [1.165, 1.54) is 17.2 Å². The van der Waals surface area contributed by atoms with Crippen LogP contribution in [-0.4, -0.2) is 9.89 Å². The van der Waals surface area contributed by atoms with Crippen LogP contribution in [0.2, 0.25) is 0 Å². The van der Waals surface area contributed by atoms with Crippen molar-refractivity contribution in [2.75, 3.05) is 0 Å². The standard InChI is InChI=1S/C16H15FN2S/c17-15-7-11(16(18)20)5-6-14(15)10-19-8-12-3-1-2-4-13(12)9-19/h1-7H,8-10H2,(H2,18,20). The topological polar surface area (TPSA) is 29.3 Å². The maximum atomic E-state index is 14.1. The maximum absolute atomic E-state index is 14.1. The van der Waals surface area contributed by atoms with Gasteiger partial charge in [0, 0.05) is 30.8 Å². The fraction of sp³-hybridized carbons (Fsp3) is 0.188. The van der Waals surface area contributed by atoms with E-state index in [1.807, 2.05) is 12.1 Å². The number of nitrogens with two attached hydrogens (primary N) is 1. The molecule has 1 aliphatic heterocycles. The van der Waals surface area contributed by atoms with E-state index in [1.54, 1.807) is 12.1 Å². The number of fused-ring (bicyclic) bond motifs is 1. The summed E-state index contributed by atoms with van der Waals surface area (Å²) >= 11 is 4.86. The van der Waals surface area contributed by atoms with E-state index in [4.69, 9.17) is 18.0 Å². The molecule has 1 aliphatic rings. The first-order valence-corrected chi connectivity index (χ1v) is 6.91. The van der Waals surface area contributed by atoms with E-state index in [-0.39, 0.29) is 10.8 Å². The van der Waals surface area contributed by atoms with Gasteiger partial charge in [0.1, 0.15) is 10.8 Å². The number of hydrogen-bond acceptors (Lipinski definition) is 2. The smallest absolute Gasteiger partial charge is 0.128 e. The third-order valence-electron chi connectivity index (χ3n) is 3.64. The van der Waals surface area contributed by atoms with E-state index >= 15 is 0 Å². The highest BCUT2D eigenvalue weighted by Gasteiger charge is 2.19. The summed E-state index contributed by atoms with van der Waals surface area (Å²) in [5.74, 6) is -0.244. The molecule has 0 saturated carbocycles. The highest BCUT2D eigenvalue weighted by atomic mass is 32.1. The zero-order valence-electron chi connectivity index (χ0n) is 11.0. The minimum atomic E-state index is -0.244. The Morgan fingerprint density at radius 2 is 1.80 bits per heavy atom. The van der Waals surface area contributed by atoms with Gasteiger partial charge in [-0.15, -0.1) is 0 Å². The third kappa shape index (κ3) is 2.57. The molecular formula is C16H15FN2S. The molecule has 0 aromatic heterocycles. The van der Waals surface area contributed by atoms with Crippen molar-refractivity contribution in [3.63, 3.8) is 0 Å². The number of hydrogen-bond donors (Lipinski definition) is 1. The summed E-state index contributed by atoms with van der Waals surface area (Å²) < 4.78 is 14.1. The highest BCUT2D eigenvalue weighted by molar-refractivity contribution is 7.80. The van der Waals surface area contributed by atoms with Crippen molar-refractivity contribution in [2.24, 2.45) is 5.73 Å². The number of rotatable bonds is 3. The number of benzene rings is 2. The highest BCUT2D eigenvalue weighted by Crippen LogP contribution is 2.24. The van der Waals surface area contributed by atoms with E-state index in [2.05, 4.69) is 17.0 Å². The molecule has 0 atom stereocenters. The molecule has 0 aliphatic carbocycles. The molecule has 20 heavy (non-hydrogen) atoms. The van der Waals surface area contributed by atoms with Gasteiger partial charge in [-0.3, -0.25) is 4.90 Å². The van der Waals surface area contributed by atoms with Crippen LogP contribution in [0.15, 0.2) is 42.5 Å². The van der Waals surface area contributed by atoms with E-state index < -0.39 is 0 Å². The van der Waals surface area contributed by atoms with Crippen LogP contribution in [0.4, 0.5) is 4.39 Å². The van der Waals surface area contributed by atoms with Crippen molar-refractivity contribution in [2.45, 2.75) is 19.6 Å². The quantitative estimate of drug-likeness (QED) is 0.880. The lowest BCUT2D eigenvalue weighted by atomic mass is 10.1. The Morgan fingerprint density at radius 3 is 2.35 bits per heavy atom. The first-order valence-electron chi connectivity index (χ1n) is 6.51. The molecule has 102 valence electrons. The monoisotopic (exact) mass is 286 g/mol. The Balaban J connectivity index is 1.75. The molecule has 0 amide bonds. The van der Waals surface area contributed by atoms with E-state index in [9.17, 15) is 4.39 Å². The van der Waals surface area contributed by atoms with Crippen LogP contribution in [-0.2, 0) is 19.6 Å². The lowest BCUT2D eigenvalue weighted by molar-refractivity contribution is 0.271. The molecule has 1 heterocycles. The van der Waals surface area contributed by atoms with Crippen LogP contribution in [0, 0.1) is 5.82 Å². The summed E-state index contributed by atoms with van der Waals surface area (Å²) in [6.07, 6.45) is 0. The largest absolute Gasteiger partial charge is 0.389 e. The van der Waals surface area contributed by atoms with Crippen molar-refractivity contribution >= 4 is 17.2 Å². The van der Waals surface area contributed by atoms with Gasteiger partial charge in [0.2, 0.25) is 0 Å². The Morgan fingerprint density at radius 1 is 1.15 bits per heavy atom. The summed E-state index contributed by atoms with van der Waals surface area (Å²) in [6, 6.07) is 13.3. The lowest BCUT2D eigenvalue weighted by Gasteiger charge is -2.15. The van der Waals surface area contributed by atoms with Gasteiger partial charge in [0.05, 0.1) is 0 Å². The first kappa shape index (κ1) is 13.2. The summed E-state index contributed by atoms with van der Waals surface area (Å²) in [6.45, 7) is 2.33. The van der Waals surface area contributed by atoms with Crippen LogP contribution in [0.3, 0.4) is 0 Å². The Bertz CT molecular complexity index is 644. The van der Waals surface area contributed by atoms with Gasteiger partial charge in [-0.05, 0) is 17.2 Å². The summed E-state index contributed by atoms with van der Waals surface area (Å²) in [7, 11) is 0. The SMILES string of the molecule is NC(=S)c1ccc(CN2Cc3ccccc3C2)c(F)c1. The first-order chi connectivity index (χ1) is 9.63. The molecular weight excluding hydrogens is 271 g/mol. The second kappa shape index (κ2) is 5.31. The second-order valence-corrected chi connectivity index (χ2v) is 5.52. The van der Waals surface area contributed by atoms with Crippen LogP contribution in [0.25, 0.3) is 0 Å². The number of thiocarbonyl (C=S) groups is 1. The molecule has 0 fully saturated rings. The van der Waals surface area contributed by atoms with Gasteiger partial charge in [-0.1, -0.05) is 48.6 Å². The fourth-order valence-corrected chi connectivity index (χ4v) is 2.71. The molecule has 2 aromatic carbocycles. The molecule has 4 heteroatoms. The van der Waals surface area contributed by atoms with Crippen LogP contribution < -0.4 is 5.73 Å². The molecule has 0 spiro atoms. The van der Waals surface area contributed by atoms with Crippen molar-refractivity contribution in [3.05, 3.63) is 70.5 Å². The van der Waals surface area contributed by atoms with Crippen molar-refractivity contribution in [3.8, 4) is 0 Å². The lowest BCUT2D eigenvalue weighted by Crippen LogP contribution is -2.17. The average Bonchev–Trinajstić information content (AvgIpc) is 2.83. The molecule has 0 saturated heterocycles. The molecule has 0 radical (unpaired) electrons. The zero-order valence-corrected chi connectivity index (χ0v) is 11.8.